The van der Waals surface area contributed by atoms with Gasteiger partial charge in [-0.15, -0.1) is 0 Å². The number of aromatic nitrogens is 2. The van der Waals surface area contributed by atoms with Gasteiger partial charge in [-0.05, 0) is 38.1 Å². The Kier molecular flexibility index (Phi) is 3.42. The molecule has 0 saturated carbocycles. The zero-order valence-corrected chi connectivity index (χ0v) is 11.3. The summed E-state index contributed by atoms with van der Waals surface area (Å²) in [6.07, 6.45) is 1.15. The van der Waals surface area contributed by atoms with Crippen LogP contribution in [0.25, 0.3) is 11.4 Å². The lowest BCUT2D eigenvalue weighted by Crippen LogP contribution is -2.39. The molecule has 106 valence electrons. The minimum Gasteiger partial charge on any atom is -0.497 e. The molecule has 1 fully saturated rings. The maximum absolute atomic E-state index is 10.5. The van der Waals surface area contributed by atoms with Crippen LogP contribution in [0.15, 0.2) is 28.8 Å². The Morgan fingerprint density at radius 3 is 2.90 bits per heavy atom. The number of aliphatic hydroxyl groups is 1. The molecule has 1 aliphatic rings. The van der Waals surface area contributed by atoms with Crippen molar-refractivity contribution in [3.05, 3.63) is 30.2 Å². The van der Waals surface area contributed by atoms with Gasteiger partial charge in [-0.3, -0.25) is 0 Å². The number of piperidine rings is 1. The number of methoxy groups -OCH3 is 1. The Labute approximate surface area is 116 Å². The highest BCUT2D eigenvalue weighted by atomic mass is 16.5. The summed E-state index contributed by atoms with van der Waals surface area (Å²) in [6.45, 7) is 1.49. The van der Waals surface area contributed by atoms with Gasteiger partial charge in [0.1, 0.15) is 11.4 Å². The van der Waals surface area contributed by atoms with E-state index in [2.05, 4.69) is 15.5 Å². The van der Waals surface area contributed by atoms with Crippen molar-refractivity contribution in [2.24, 2.45) is 0 Å². The first-order valence-corrected chi connectivity index (χ1v) is 6.63. The lowest BCUT2D eigenvalue weighted by Gasteiger charge is -2.28. The van der Waals surface area contributed by atoms with Crippen molar-refractivity contribution in [2.45, 2.75) is 18.4 Å². The van der Waals surface area contributed by atoms with Gasteiger partial charge in [0.05, 0.1) is 7.11 Å². The number of rotatable bonds is 3. The van der Waals surface area contributed by atoms with Gasteiger partial charge < -0.3 is 19.7 Å². The fraction of sp³-hybridized carbons (Fsp3) is 0.429. The number of nitrogens with one attached hydrogen (secondary N) is 1. The first-order chi connectivity index (χ1) is 9.71. The summed E-state index contributed by atoms with van der Waals surface area (Å²) in [5.74, 6) is 1.48. The van der Waals surface area contributed by atoms with E-state index in [4.69, 9.17) is 9.26 Å². The molecule has 2 heterocycles. The van der Waals surface area contributed by atoms with Crippen molar-refractivity contribution in [1.29, 1.82) is 0 Å². The molecule has 6 nitrogen and oxygen atoms in total. The SMILES string of the molecule is COc1cccc(-c2noc(C3(O)CCNCC3)n2)c1. The lowest BCUT2D eigenvalue weighted by atomic mass is 9.92. The number of hydrogen-bond donors (Lipinski definition) is 2. The normalized spacial score (nSPS) is 17.9. The fourth-order valence-corrected chi connectivity index (χ4v) is 2.35. The van der Waals surface area contributed by atoms with Crippen LogP contribution in [0.4, 0.5) is 0 Å². The number of benzene rings is 1. The predicted molar refractivity (Wildman–Crippen MR) is 72.3 cm³/mol. The average Bonchev–Trinajstić information content (AvgIpc) is 2.99. The van der Waals surface area contributed by atoms with Crippen molar-refractivity contribution in [3.63, 3.8) is 0 Å². The fourth-order valence-electron chi connectivity index (χ4n) is 2.35. The number of hydrogen-bond acceptors (Lipinski definition) is 6. The van der Waals surface area contributed by atoms with E-state index in [1.54, 1.807) is 7.11 Å². The monoisotopic (exact) mass is 275 g/mol. The first-order valence-electron chi connectivity index (χ1n) is 6.63. The van der Waals surface area contributed by atoms with Gasteiger partial charge in [-0.1, -0.05) is 17.3 Å². The molecule has 0 unspecified atom stereocenters. The van der Waals surface area contributed by atoms with Gasteiger partial charge in [0.15, 0.2) is 0 Å². The molecule has 1 aliphatic heterocycles. The van der Waals surface area contributed by atoms with Crippen LogP contribution in [-0.2, 0) is 5.60 Å². The molecule has 0 atom stereocenters. The molecule has 2 aromatic rings. The van der Waals surface area contributed by atoms with Crippen LogP contribution >= 0.6 is 0 Å². The smallest absolute Gasteiger partial charge is 0.259 e. The largest absolute Gasteiger partial charge is 0.497 e. The number of ether oxygens (including phenoxy) is 1. The second-order valence-electron chi connectivity index (χ2n) is 4.94. The van der Waals surface area contributed by atoms with Gasteiger partial charge in [0.2, 0.25) is 5.82 Å². The maximum atomic E-state index is 10.5. The summed E-state index contributed by atoms with van der Waals surface area (Å²) in [5, 5.41) is 17.7. The quantitative estimate of drug-likeness (QED) is 0.879. The van der Waals surface area contributed by atoms with E-state index in [1.807, 2.05) is 24.3 Å². The molecule has 0 radical (unpaired) electrons. The highest BCUT2D eigenvalue weighted by Crippen LogP contribution is 2.31. The molecule has 2 N–H and O–H groups in total. The van der Waals surface area contributed by atoms with Crippen molar-refractivity contribution >= 4 is 0 Å². The van der Waals surface area contributed by atoms with Crippen molar-refractivity contribution < 1.29 is 14.4 Å². The minimum absolute atomic E-state index is 0.289. The van der Waals surface area contributed by atoms with Crippen LogP contribution < -0.4 is 10.1 Å². The van der Waals surface area contributed by atoms with E-state index in [0.717, 1.165) is 24.4 Å². The van der Waals surface area contributed by atoms with E-state index >= 15 is 0 Å². The molecule has 3 rings (SSSR count). The minimum atomic E-state index is -1.02. The highest BCUT2D eigenvalue weighted by Gasteiger charge is 2.37. The standard InChI is InChI=1S/C14H17N3O3/c1-19-11-4-2-3-10(9-11)12-16-13(20-17-12)14(18)5-7-15-8-6-14/h2-4,9,15,18H,5-8H2,1H3. The Bertz CT molecular complexity index is 591. The Morgan fingerprint density at radius 2 is 2.15 bits per heavy atom. The van der Waals surface area contributed by atoms with Crippen LogP contribution in [0, 0.1) is 0 Å². The maximum Gasteiger partial charge on any atom is 0.259 e. The van der Waals surface area contributed by atoms with Crippen LogP contribution in [0.3, 0.4) is 0 Å². The summed E-state index contributed by atoms with van der Waals surface area (Å²) in [4.78, 5) is 4.34. The van der Waals surface area contributed by atoms with Crippen LogP contribution in [0.2, 0.25) is 0 Å². The molecule has 6 heteroatoms. The topological polar surface area (TPSA) is 80.4 Å². The lowest BCUT2D eigenvalue weighted by molar-refractivity contribution is -0.0228. The summed E-state index contributed by atoms with van der Waals surface area (Å²) in [7, 11) is 1.61. The third kappa shape index (κ3) is 2.39. The zero-order valence-electron chi connectivity index (χ0n) is 11.3. The number of nitrogens with zero attached hydrogens (tertiary/aromatic N) is 2. The summed E-state index contributed by atoms with van der Waals surface area (Å²) >= 11 is 0. The highest BCUT2D eigenvalue weighted by molar-refractivity contribution is 5.56. The molecule has 0 bridgehead atoms. The van der Waals surface area contributed by atoms with Crippen molar-refractivity contribution in [1.82, 2.24) is 15.5 Å². The van der Waals surface area contributed by atoms with Crippen LogP contribution in [0.1, 0.15) is 18.7 Å². The third-order valence-corrected chi connectivity index (χ3v) is 3.58. The van der Waals surface area contributed by atoms with Crippen LogP contribution in [-0.4, -0.2) is 35.4 Å². The van der Waals surface area contributed by atoms with E-state index in [9.17, 15) is 5.11 Å². The molecule has 0 spiro atoms. The van der Waals surface area contributed by atoms with Crippen molar-refractivity contribution in [3.8, 4) is 17.1 Å². The van der Waals surface area contributed by atoms with E-state index < -0.39 is 5.60 Å². The second kappa shape index (κ2) is 5.22. The Morgan fingerprint density at radius 1 is 1.35 bits per heavy atom. The van der Waals surface area contributed by atoms with Crippen LogP contribution in [0.5, 0.6) is 5.75 Å². The predicted octanol–water partition coefficient (Wildman–Crippen LogP) is 1.32. The average molecular weight is 275 g/mol. The van der Waals surface area contributed by atoms with Crippen molar-refractivity contribution in [2.75, 3.05) is 20.2 Å². The van der Waals surface area contributed by atoms with Gasteiger partial charge in [-0.2, -0.15) is 4.98 Å². The second-order valence-corrected chi connectivity index (χ2v) is 4.94. The Hall–Kier alpha value is -1.92. The van der Waals surface area contributed by atoms with E-state index in [1.165, 1.54) is 0 Å². The van der Waals surface area contributed by atoms with Gasteiger partial charge >= 0.3 is 0 Å². The van der Waals surface area contributed by atoms with Gasteiger partial charge in [-0.25, -0.2) is 0 Å². The molecule has 1 saturated heterocycles. The summed E-state index contributed by atoms with van der Waals surface area (Å²) in [6, 6.07) is 7.43. The molecule has 1 aromatic heterocycles. The third-order valence-electron chi connectivity index (χ3n) is 3.58. The molecular formula is C14H17N3O3. The van der Waals surface area contributed by atoms with Gasteiger partial charge in [0, 0.05) is 5.56 Å². The first kappa shape index (κ1) is 13.1. The van der Waals surface area contributed by atoms with E-state index in [-0.39, 0.29) is 5.89 Å². The zero-order chi connectivity index (χ0) is 14.0. The molecular weight excluding hydrogens is 258 g/mol. The van der Waals surface area contributed by atoms with E-state index in [0.29, 0.717) is 18.7 Å². The summed E-state index contributed by atoms with van der Waals surface area (Å²) < 4.78 is 10.4. The molecule has 0 amide bonds. The van der Waals surface area contributed by atoms with Gasteiger partial charge in [0.25, 0.3) is 5.89 Å². The Balaban J connectivity index is 1.89. The molecule has 20 heavy (non-hydrogen) atoms. The molecule has 1 aromatic carbocycles. The molecule has 0 aliphatic carbocycles. The summed E-state index contributed by atoms with van der Waals surface area (Å²) in [5.41, 5.74) is -0.216.